The molecule has 0 bridgehead atoms. The van der Waals surface area contributed by atoms with Gasteiger partial charge in [0.15, 0.2) is 0 Å². The molecule has 1 aromatic rings. The molecule has 100 valence electrons. The average Bonchev–Trinajstić information content (AvgIpc) is 2.27. The third-order valence-electron chi connectivity index (χ3n) is 4.34. The number of likely N-dealkylation sites (N-methyl/N-ethyl adjacent to an activating group) is 1. The Kier molecular flexibility index (Phi) is 4.03. The zero-order valence-corrected chi connectivity index (χ0v) is 11.5. The molecular formula is C15H23FN2. The van der Waals surface area contributed by atoms with Gasteiger partial charge in [0.2, 0.25) is 0 Å². The minimum absolute atomic E-state index is 0.0589. The van der Waals surface area contributed by atoms with Gasteiger partial charge < -0.3 is 10.2 Å². The molecule has 2 nitrogen and oxygen atoms in total. The Balaban J connectivity index is 1.96. The van der Waals surface area contributed by atoms with Crippen LogP contribution in [0.4, 0.5) is 4.39 Å². The van der Waals surface area contributed by atoms with Gasteiger partial charge in [-0.15, -0.1) is 0 Å². The van der Waals surface area contributed by atoms with Gasteiger partial charge in [-0.05, 0) is 46.3 Å². The number of hydrogen-bond acceptors (Lipinski definition) is 2. The summed E-state index contributed by atoms with van der Waals surface area (Å²) in [6, 6.07) is 7.07. The number of halogens is 1. The molecule has 3 heteroatoms. The Morgan fingerprint density at radius 1 is 1.33 bits per heavy atom. The van der Waals surface area contributed by atoms with E-state index in [-0.39, 0.29) is 17.4 Å². The molecule has 0 aliphatic heterocycles. The van der Waals surface area contributed by atoms with Crippen LogP contribution in [0.3, 0.4) is 0 Å². The lowest BCUT2D eigenvalue weighted by atomic mass is 9.75. The van der Waals surface area contributed by atoms with Crippen molar-refractivity contribution < 1.29 is 4.39 Å². The quantitative estimate of drug-likeness (QED) is 0.864. The minimum atomic E-state index is -0.120. The maximum Gasteiger partial charge on any atom is 0.127 e. The van der Waals surface area contributed by atoms with Crippen LogP contribution in [0.1, 0.15) is 37.8 Å². The SMILES string of the molecule is CC(NCC1(N(C)C)CCC1)c1ccccc1F. The summed E-state index contributed by atoms with van der Waals surface area (Å²) in [6.45, 7) is 2.95. The van der Waals surface area contributed by atoms with E-state index in [1.54, 1.807) is 6.07 Å². The second-order valence-corrected chi connectivity index (χ2v) is 5.60. The van der Waals surface area contributed by atoms with Gasteiger partial charge in [-0.1, -0.05) is 18.2 Å². The monoisotopic (exact) mass is 250 g/mol. The Bertz CT molecular complexity index is 399. The fourth-order valence-corrected chi connectivity index (χ4v) is 2.65. The van der Waals surface area contributed by atoms with Crippen molar-refractivity contribution in [2.75, 3.05) is 20.6 Å². The highest BCUT2D eigenvalue weighted by Crippen LogP contribution is 2.36. The first kappa shape index (κ1) is 13.5. The Morgan fingerprint density at radius 3 is 2.50 bits per heavy atom. The molecule has 1 aromatic carbocycles. The van der Waals surface area contributed by atoms with Gasteiger partial charge in [-0.3, -0.25) is 0 Å². The molecule has 0 amide bonds. The molecule has 2 rings (SSSR count). The summed E-state index contributed by atoms with van der Waals surface area (Å²) in [5.74, 6) is -0.120. The molecule has 1 fully saturated rings. The van der Waals surface area contributed by atoms with E-state index in [1.165, 1.54) is 25.3 Å². The summed E-state index contributed by atoms with van der Waals surface area (Å²) in [6.07, 6.45) is 3.77. The molecule has 0 heterocycles. The molecule has 1 N–H and O–H groups in total. The molecule has 1 unspecified atom stereocenters. The third kappa shape index (κ3) is 2.57. The van der Waals surface area contributed by atoms with Crippen LogP contribution in [0.2, 0.25) is 0 Å². The lowest BCUT2D eigenvalue weighted by molar-refractivity contribution is 0.0575. The molecular weight excluding hydrogens is 227 g/mol. The number of hydrogen-bond donors (Lipinski definition) is 1. The molecule has 0 radical (unpaired) electrons. The van der Waals surface area contributed by atoms with Gasteiger partial charge in [-0.25, -0.2) is 4.39 Å². The molecule has 1 aliphatic rings. The van der Waals surface area contributed by atoms with Gasteiger partial charge in [0.25, 0.3) is 0 Å². The smallest absolute Gasteiger partial charge is 0.127 e. The van der Waals surface area contributed by atoms with Crippen LogP contribution in [0, 0.1) is 5.82 Å². The summed E-state index contributed by atoms with van der Waals surface area (Å²) in [4.78, 5) is 2.30. The Labute approximate surface area is 109 Å². The fraction of sp³-hybridized carbons (Fsp3) is 0.600. The first-order valence-electron chi connectivity index (χ1n) is 6.70. The molecule has 1 saturated carbocycles. The lowest BCUT2D eigenvalue weighted by Crippen LogP contribution is -2.56. The molecule has 0 spiro atoms. The second kappa shape index (κ2) is 5.37. The standard InChI is InChI=1S/C15H23FN2/c1-12(13-7-4-5-8-14(13)16)17-11-15(18(2)3)9-6-10-15/h4-5,7-8,12,17H,6,9-11H2,1-3H3. The van der Waals surface area contributed by atoms with Crippen molar-refractivity contribution in [3.63, 3.8) is 0 Å². The van der Waals surface area contributed by atoms with Crippen molar-refractivity contribution >= 4 is 0 Å². The predicted molar refractivity (Wildman–Crippen MR) is 73.1 cm³/mol. The lowest BCUT2D eigenvalue weighted by Gasteiger charge is -2.48. The Hall–Kier alpha value is -0.930. The number of rotatable bonds is 5. The zero-order chi connectivity index (χ0) is 13.2. The van der Waals surface area contributed by atoms with E-state index in [1.807, 2.05) is 19.1 Å². The molecule has 1 aliphatic carbocycles. The van der Waals surface area contributed by atoms with Gasteiger partial charge >= 0.3 is 0 Å². The van der Waals surface area contributed by atoms with Crippen LogP contribution >= 0.6 is 0 Å². The van der Waals surface area contributed by atoms with E-state index in [0.717, 1.165) is 12.1 Å². The normalized spacial score (nSPS) is 19.6. The molecule has 18 heavy (non-hydrogen) atoms. The van der Waals surface area contributed by atoms with Crippen LogP contribution in [0.15, 0.2) is 24.3 Å². The van der Waals surface area contributed by atoms with E-state index >= 15 is 0 Å². The van der Waals surface area contributed by atoms with Crippen LogP contribution in [0.5, 0.6) is 0 Å². The van der Waals surface area contributed by atoms with E-state index in [0.29, 0.717) is 0 Å². The number of nitrogens with one attached hydrogen (secondary N) is 1. The van der Waals surface area contributed by atoms with E-state index in [2.05, 4.69) is 24.3 Å². The highest BCUT2D eigenvalue weighted by Gasteiger charge is 2.38. The molecule has 1 atom stereocenters. The van der Waals surface area contributed by atoms with Crippen molar-refractivity contribution in [2.45, 2.75) is 37.8 Å². The number of benzene rings is 1. The topological polar surface area (TPSA) is 15.3 Å². The maximum atomic E-state index is 13.7. The average molecular weight is 250 g/mol. The summed E-state index contributed by atoms with van der Waals surface area (Å²) in [5.41, 5.74) is 1.03. The minimum Gasteiger partial charge on any atom is -0.308 e. The van der Waals surface area contributed by atoms with Crippen LogP contribution < -0.4 is 5.32 Å². The highest BCUT2D eigenvalue weighted by molar-refractivity contribution is 5.20. The van der Waals surface area contributed by atoms with Crippen molar-refractivity contribution in [1.82, 2.24) is 10.2 Å². The van der Waals surface area contributed by atoms with Crippen molar-refractivity contribution in [1.29, 1.82) is 0 Å². The van der Waals surface area contributed by atoms with Crippen LogP contribution in [-0.4, -0.2) is 31.1 Å². The number of nitrogens with zero attached hydrogens (tertiary/aromatic N) is 1. The molecule has 0 aromatic heterocycles. The summed E-state index contributed by atoms with van der Waals surface area (Å²) in [7, 11) is 4.27. The van der Waals surface area contributed by atoms with E-state index in [4.69, 9.17) is 0 Å². The van der Waals surface area contributed by atoms with Gasteiger partial charge in [0.05, 0.1) is 0 Å². The highest BCUT2D eigenvalue weighted by atomic mass is 19.1. The summed E-state index contributed by atoms with van der Waals surface area (Å²) < 4.78 is 13.7. The van der Waals surface area contributed by atoms with Crippen molar-refractivity contribution in [2.24, 2.45) is 0 Å². The van der Waals surface area contributed by atoms with Gasteiger partial charge in [0.1, 0.15) is 5.82 Å². The van der Waals surface area contributed by atoms with E-state index < -0.39 is 0 Å². The van der Waals surface area contributed by atoms with Crippen molar-refractivity contribution in [3.05, 3.63) is 35.6 Å². The zero-order valence-electron chi connectivity index (χ0n) is 11.5. The third-order valence-corrected chi connectivity index (χ3v) is 4.34. The first-order chi connectivity index (χ1) is 8.55. The van der Waals surface area contributed by atoms with Crippen LogP contribution in [-0.2, 0) is 0 Å². The molecule has 0 saturated heterocycles. The van der Waals surface area contributed by atoms with Gasteiger partial charge in [0, 0.05) is 23.7 Å². The summed E-state index contributed by atoms with van der Waals surface area (Å²) >= 11 is 0. The van der Waals surface area contributed by atoms with Crippen molar-refractivity contribution in [3.8, 4) is 0 Å². The Morgan fingerprint density at radius 2 is 2.00 bits per heavy atom. The first-order valence-corrected chi connectivity index (χ1v) is 6.70. The van der Waals surface area contributed by atoms with E-state index in [9.17, 15) is 4.39 Å². The summed E-state index contributed by atoms with van der Waals surface area (Å²) in [5, 5.41) is 3.48. The largest absolute Gasteiger partial charge is 0.308 e. The maximum absolute atomic E-state index is 13.7. The second-order valence-electron chi connectivity index (χ2n) is 5.60. The van der Waals surface area contributed by atoms with Gasteiger partial charge in [-0.2, -0.15) is 0 Å². The fourth-order valence-electron chi connectivity index (χ4n) is 2.65. The predicted octanol–water partition coefficient (Wildman–Crippen LogP) is 2.96. The van der Waals surface area contributed by atoms with Crippen LogP contribution in [0.25, 0.3) is 0 Å².